The number of likely N-dealkylation sites (N-methyl/N-ethyl adjacent to an activating group) is 2. The van der Waals surface area contributed by atoms with Crippen molar-refractivity contribution in [1.29, 1.82) is 0 Å². The number of nitrogens with one attached hydrogen (secondary N) is 1. The van der Waals surface area contributed by atoms with Gasteiger partial charge in [-0.25, -0.2) is 0 Å². The van der Waals surface area contributed by atoms with E-state index in [4.69, 9.17) is 0 Å². The molecule has 1 N–H and O–H groups in total. The first kappa shape index (κ1) is 20.8. The van der Waals surface area contributed by atoms with Crippen LogP contribution >= 0.6 is 0 Å². The highest BCUT2D eigenvalue weighted by Gasteiger charge is 2.31. The van der Waals surface area contributed by atoms with Crippen LogP contribution in [0.1, 0.15) is 31.2 Å². The van der Waals surface area contributed by atoms with Crippen molar-refractivity contribution in [3.63, 3.8) is 0 Å². The second-order valence-electron chi connectivity index (χ2n) is 8.33. The molecule has 2 fully saturated rings. The SMILES string of the molecule is CN1CCN(C(=O)[C@@H]2CCC[C@@H](NCc3cnn(C)c3)CN(C)C(=O)C2)CC1. The van der Waals surface area contributed by atoms with Crippen LogP contribution in [-0.4, -0.2) is 89.2 Å². The number of hydrogen-bond donors (Lipinski definition) is 1. The van der Waals surface area contributed by atoms with E-state index in [0.29, 0.717) is 13.0 Å². The van der Waals surface area contributed by atoms with E-state index < -0.39 is 0 Å². The molecule has 0 radical (unpaired) electrons. The van der Waals surface area contributed by atoms with E-state index in [9.17, 15) is 9.59 Å². The molecule has 2 aliphatic rings. The van der Waals surface area contributed by atoms with Crippen LogP contribution in [0.25, 0.3) is 0 Å². The average molecular weight is 391 g/mol. The molecule has 0 aliphatic carbocycles. The summed E-state index contributed by atoms with van der Waals surface area (Å²) in [4.78, 5) is 31.7. The lowest BCUT2D eigenvalue weighted by molar-refractivity contribution is -0.142. The zero-order valence-electron chi connectivity index (χ0n) is 17.4. The highest BCUT2D eigenvalue weighted by Crippen LogP contribution is 2.21. The molecule has 156 valence electrons. The normalized spacial score (nSPS) is 25.3. The Labute approximate surface area is 167 Å². The Morgan fingerprint density at radius 2 is 1.93 bits per heavy atom. The molecule has 8 heteroatoms. The fourth-order valence-corrected chi connectivity index (χ4v) is 4.09. The van der Waals surface area contributed by atoms with Crippen LogP contribution in [0, 0.1) is 5.92 Å². The van der Waals surface area contributed by atoms with E-state index in [-0.39, 0.29) is 23.8 Å². The molecule has 3 rings (SSSR count). The van der Waals surface area contributed by atoms with Crippen LogP contribution < -0.4 is 5.32 Å². The molecule has 28 heavy (non-hydrogen) atoms. The quantitative estimate of drug-likeness (QED) is 0.801. The summed E-state index contributed by atoms with van der Waals surface area (Å²) in [5.41, 5.74) is 1.14. The number of rotatable bonds is 4. The lowest BCUT2D eigenvalue weighted by Crippen LogP contribution is -2.49. The van der Waals surface area contributed by atoms with Crippen molar-refractivity contribution >= 4 is 11.8 Å². The zero-order valence-corrected chi connectivity index (χ0v) is 17.4. The number of amides is 2. The number of nitrogens with zero attached hydrogens (tertiary/aromatic N) is 5. The number of piperazine rings is 1. The minimum absolute atomic E-state index is 0.0718. The van der Waals surface area contributed by atoms with Crippen molar-refractivity contribution in [2.24, 2.45) is 13.0 Å². The lowest BCUT2D eigenvalue weighted by atomic mass is 9.95. The first-order valence-electron chi connectivity index (χ1n) is 10.3. The minimum atomic E-state index is -0.185. The largest absolute Gasteiger partial charge is 0.344 e. The van der Waals surface area contributed by atoms with Gasteiger partial charge in [0.1, 0.15) is 0 Å². The zero-order chi connectivity index (χ0) is 20.1. The predicted octanol–water partition coefficient (Wildman–Crippen LogP) is 0.301. The van der Waals surface area contributed by atoms with Gasteiger partial charge in [-0.15, -0.1) is 0 Å². The van der Waals surface area contributed by atoms with E-state index in [1.165, 1.54) is 0 Å². The maximum Gasteiger partial charge on any atom is 0.226 e. The van der Waals surface area contributed by atoms with Crippen LogP contribution in [0.5, 0.6) is 0 Å². The Morgan fingerprint density at radius 3 is 2.61 bits per heavy atom. The highest BCUT2D eigenvalue weighted by molar-refractivity contribution is 5.86. The van der Waals surface area contributed by atoms with Crippen LogP contribution in [-0.2, 0) is 23.2 Å². The molecule has 0 spiro atoms. The molecule has 1 aromatic heterocycles. The molecule has 2 atom stereocenters. The molecule has 0 saturated carbocycles. The van der Waals surface area contributed by atoms with Crippen LogP contribution in [0.15, 0.2) is 12.4 Å². The molecule has 8 nitrogen and oxygen atoms in total. The van der Waals surface area contributed by atoms with Gasteiger partial charge in [-0.1, -0.05) is 6.42 Å². The molecule has 2 saturated heterocycles. The van der Waals surface area contributed by atoms with Crippen molar-refractivity contribution in [3.8, 4) is 0 Å². The van der Waals surface area contributed by atoms with Gasteiger partial charge >= 0.3 is 0 Å². The third-order valence-electron chi connectivity index (χ3n) is 5.96. The van der Waals surface area contributed by atoms with E-state index in [1.807, 2.05) is 31.4 Å². The molecule has 3 heterocycles. The maximum atomic E-state index is 13.0. The van der Waals surface area contributed by atoms with Crippen molar-refractivity contribution in [1.82, 2.24) is 29.8 Å². The van der Waals surface area contributed by atoms with Gasteiger partial charge in [0.2, 0.25) is 11.8 Å². The number of aryl methyl sites for hydroxylation is 1. The summed E-state index contributed by atoms with van der Waals surface area (Å²) in [6, 6.07) is 0.228. The first-order valence-corrected chi connectivity index (χ1v) is 10.3. The van der Waals surface area contributed by atoms with Gasteiger partial charge in [0.25, 0.3) is 0 Å². The molecule has 0 bridgehead atoms. The van der Waals surface area contributed by atoms with Crippen LogP contribution in [0.3, 0.4) is 0 Å². The summed E-state index contributed by atoms with van der Waals surface area (Å²) in [6.45, 7) is 4.77. The molecule has 2 amide bonds. The van der Waals surface area contributed by atoms with Crippen molar-refractivity contribution in [3.05, 3.63) is 18.0 Å². The second-order valence-corrected chi connectivity index (χ2v) is 8.33. The second kappa shape index (κ2) is 9.52. The fraction of sp³-hybridized carbons (Fsp3) is 0.750. The van der Waals surface area contributed by atoms with Crippen LogP contribution in [0.4, 0.5) is 0 Å². The predicted molar refractivity (Wildman–Crippen MR) is 108 cm³/mol. The number of hydrogen-bond acceptors (Lipinski definition) is 5. The average Bonchev–Trinajstić information content (AvgIpc) is 3.11. The van der Waals surface area contributed by atoms with E-state index in [0.717, 1.165) is 57.5 Å². The third-order valence-corrected chi connectivity index (χ3v) is 5.96. The molecule has 2 aliphatic heterocycles. The van der Waals surface area contributed by atoms with Gasteiger partial charge in [-0.05, 0) is 19.9 Å². The topological polar surface area (TPSA) is 73.7 Å². The summed E-state index contributed by atoms with van der Waals surface area (Å²) < 4.78 is 1.80. The van der Waals surface area contributed by atoms with Crippen LogP contribution in [0.2, 0.25) is 0 Å². The van der Waals surface area contributed by atoms with Gasteiger partial charge < -0.3 is 20.0 Å². The summed E-state index contributed by atoms with van der Waals surface area (Å²) in [5, 5.41) is 7.76. The van der Waals surface area contributed by atoms with E-state index in [1.54, 1.807) is 9.58 Å². The first-order chi connectivity index (χ1) is 13.4. The van der Waals surface area contributed by atoms with Gasteiger partial charge in [0.15, 0.2) is 0 Å². The summed E-state index contributed by atoms with van der Waals surface area (Å²) in [5.74, 6) is 0.0506. The summed E-state index contributed by atoms with van der Waals surface area (Å²) >= 11 is 0. The Kier molecular flexibility index (Phi) is 7.07. The Hall–Kier alpha value is -1.93. The smallest absolute Gasteiger partial charge is 0.226 e. The molecular formula is C20H34N6O2. The third kappa shape index (κ3) is 5.54. The van der Waals surface area contributed by atoms with Crippen molar-refractivity contribution < 1.29 is 9.59 Å². The standard InChI is InChI=1S/C20H34N6O2/c1-23-7-9-26(10-8-23)20(28)17-5-4-6-18(15-24(2)19(27)11-17)21-12-16-13-22-25(3)14-16/h13-14,17-18,21H,4-12,15H2,1-3H3/t17-,18-/m1/s1. The van der Waals surface area contributed by atoms with Gasteiger partial charge in [-0.2, -0.15) is 5.10 Å². The molecular weight excluding hydrogens is 356 g/mol. The summed E-state index contributed by atoms with van der Waals surface area (Å²) in [6.07, 6.45) is 6.90. The fourth-order valence-electron chi connectivity index (χ4n) is 4.09. The molecule has 0 aromatic carbocycles. The number of carbonyl (C=O) groups is 2. The van der Waals surface area contributed by atoms with Gasteiger partial charge in [-0.3, -0.25) is 14.3 Å². The Morgan fingerprint density at radius 1 is 1.18 bits per heavy atom. The van der Waals surface area contributed by atoms with Gasteiger partial charge in [0, 0.05) is 83.5 Å². The minimum Gasteiger partial charge on any atom is -0.344 e. The van der Waals surface area contributed by atoms with E-state index >= 15 is 0 Å². The Balaban J connectivity index is 1.57. The number of aromatic nitrogens is 2. The van der Waals surface area contributed by atoms with Crippen molar-refractivity contribution in [2.45, 2.75) is 38.3 Å². The van der Waals surface area contributed by atoms with Crippen molar-refractivity contribution in [2.75, 3.05) is 46.8 Å². The monoisotopic (exact) mass is 390 g/mol. The molecule has 1 aromatic rings. The highest BCUT2D eigenvalue weighted by atomic mass is 16.2. The maximum absolute atomic E-state index is 13.0. The lowest BCUT2D eigenvalue weighted by Gasteiger charge is -2.34. The number of carbonyl (C=O) groups excluding carboxylic acids is 2. The van der Waals surface area contributed by atoms with E-state index in [2.05, 4.69) is 22.4 Å². The van der Waals surface area contributed by atoms with Gasteiger partial charge in [0.05, 0.1) is 6.20 Å². The Bertz CT molecular complexity index is 667. The summed E-state index contributed by atoms with van der Waals surface area (Å²) in [7, 11) is 5.84. The molecule has 0 unspecified atom stereocenters.